The van der Waals surface area contributed by atoms with Crippen LogP contribution in [0.25, 0.3) is 0 Å². The molecule has 0 spiro atoms. The zero-order chi connectivity index (χ0) is 11.7. The van der Waals surface area contributed by atoms with Crippen LogP contribution in [0, 0.1) is 41.4 Å². The highest BCUT2D eigenvalue weighted by Gasteiger charge is 2.20. The second-order valence-corrected chi connectivity index (χ2v) is 4.19. The number of nitrogens with zero attached hydrogens (tertiary/aromatic N) is 1. The van der Waals surface area contributed by atoms with Gasteiger partial charge in [0, 0.05) is 12.8 Å². The molecule has 0 aliphatic rings. The summed E-state index contributed by atoms with van der Waals surface area (Å²) < 4.78 is 0. The first-order chi connectivity index (χ1) is 7.17. The molecule has 0 rings (SSSR count). The summed E-state index contributed by atoms with van der Waals surface area (Å²) in [5.74, 6) is 4.27. The van der Waals surface area contributed by atoms with E-state index in [1.165, 1.54) is 0 Å². The molecule has 0 aromatic carbocycles. The second kappa shape index (κ2) is 8.13. The summed E-state index contributed by atoms with van der Waals surface area (Å²) >= 11 is 0. The van der Waals surface area contributed by atoms with Crippen molar-refractivity contribution in [3.05, 3.63) is 12.7 Å². The Labute approximate surface area is 94.2 Å². The molecule has 0 heterocycles. The Kier molecular flexibility index (Phi) is 7.47. The van der Waals surface area contributed by atoms with Crippen molar-refractivity contribution in [1.29, 1.82) is 5.26 Å². The summed E-state index contributed by atoms with van der Waals surface area (Å²) in [6.07, 6.45) is 10.8. The number of unbranched alkanes of at least 4 members (excludes halogenated alkanes) is 1. The molecule has 3 atom stereocenters. The molecule has 82 valence electrons. The molecule has 0 saturated heterocycles. The van der Waals surface area contributed by atoms with Gasteiger partial charge in [0.1, 0.15) is 0 Å². The average molecular weight is 203 g/mol. The van der Waals surface area contributed by atoms with Crippen molar-refractivity contribution >= 4 is 0 Å². The van der Waals surface area contributed by atoms with Crippen LogP contribution in [0.5, 0.6) is 0 Å². The van der Waals surface area contributed by atoms with Gasteiger partial charge in [-0.3, -0.25) is 0 Å². The highest BCUT2D eigenvalue weighted by Crippen LogP contribution is 2.29. The predicted octanol–water partition coefficient (Wildman–Crippen LogP) is 3.78. The number of terminal acetylenes is 1. The minimum Gasteiger partial charge on any atom is -0.198 e. The van der Waals surface area contributed by atoms with E-state index in [1.54, 1.807) is 0 Å². The lowest BCUT2D eigenvalue weighted by Gasteiger charge is -2.26. The van der Waals surface area contributed by atoms with Crippen molar-refractivity contribution in [1.82, 2.24) is 0 Å². The fourth-order valence-electron chi connectivity index (χ4n) is 1.99. The molecule has 0 amide bonds. The largest absolute Gasteiger partial charge is 0.198 e. The summed E-state index contributed by atoms with van der Waals surface area (Å²) in [6.45, 7) is 8.20. The molecule has 0 N–H and O–H groups in total. The molecule has 0 saturated carbocycles. The fraction of sp³-hybridized carbons (Fsp3) is 0.643. The zero-order valence-corrected chi connectivity index (χ0v) is 9.87. The van der Waals surface area contributed by atoms with Crippen LogP contribution in [-0.2, 0) is 0 Å². The smallest absolute Gasteiger partial charge is 0.0621 e. The van der Waals surface area contributed by atoms with Gasteiger partial charge in [-0.05, 0) is 30.6 Å². The predicted molar refractivity (Wildman–Crippen MR) is 64.9 cm³/mol. The minimum atomic E-state index is 0.479. The average Bonchev–Trinajstić information content (AvgIpc) is 2.23. The Hall–Kier alpha value is -1.21. The molecular formula is C14H21N. The summed E-state index contributed by atoms with van der Waals surface area (Å²) in [4.78, 5) is 0. The van der Waals surface area contributed by atoms with Gasteiger partial charge in [0.25, 0.3) is 0 Å². The van der Waals surface area contributed by atoms with Crippen LogP contribution in [0.15, 0.2) is 12.7 Å². The molecule has 0 bridgehead atoms. The Morgan fingerprint density at radius 1 is 1.47 bits per heavy atom. The lowest BCUT2D eigenvalue weighted by atomic mass is 9.79. The molecule has 0 aromatic rings. The first kappa shape index (κ1) is 13.8. The SMILES string of the molecule is C#CC[C@@H](C)[C@H](CCCC#N)[C@H](C)C=C. The number of nitriles is 1. The van der Waals surface area contributed by atoms with Crippen LogP contribution in [0.2, 0.25) is 0 Å². The van der Waals surface area contributed by atoms with Gasteiger partial charge < -0.3 is 0 Å². The maximum absolute atomic E-state index is 8.51. The van der Waals surface area contributed by atoms with Gasteiger partial charge in [-0.25, -0.2) is 0 Å². The van der Waals surface area contributed by atoms with Crippen LogP contribution in [0.3, 0.4) is 0 Å². The molecular weight excluding hydrogens is 182 g/mol. The third-order valence-electron chi connectivity index (χ3n) is 3.04. The van der Waals surface area contributed by atoms with Crippen LogP contribution < -0.4 is 0 Å². The van der Waals surface area contributed by atoms with Crippen molar-refractivity contribution in [3.8, 4) is 18.4 Å². The number of hydrogen-bond acceptors (Lipinski definition) is 1. The molecule has 0 aliphatic carbocycles. The Morgan fingerprint density at radius 2 is 2.13 bits per heavy atom. The zero-order valence-electron chi connectivity index (χ0n) is 9.87. The van der Waals surface area contributed by atoms with E-state index in [4.69, 9.17) is 11.7 Å². The Morgan fingerprint density at radius 3 is 2.60 bits per heavy atom. The van der Waals surface area contributed by atoms with Gasteiger partial charge in [-0.1, -0.05) is 19.9 Å². The summed E-state index contributed by atoms with van der Waals surface area (Å²) in [5.41, 5.74) is 0. The molecule has 0 radical (unpaired) electrons. The Bertz CT molecular complexity index is 253. The lowest BCUT2D eigenvalue weighted by Crippen LogP contribution is -2.18. The van der Waals surface area contributed by atoms with Crippen molar-refractivity contribution in [2.24, 2.45) is 17.8 Å². The molecule has 0 fully saturated rings. The van der Waals surface area contributed by atoms with Crippen molar-refractivity contribution in [2.45, 2.75) is 39.5 Å². The van der Waals surface area contributed by atoms with E-state index >= 15 is 0 Å². The van der Waals surface area contributed by atoms with Gasteiger partial charge >= 0.3 is 0 Å². The lowest BCUT2D eigenvalue weighted by molar-refractivity contribution is 0.273. The van der Waals surface area contributed by atoms with Crippen molar-refractivity contribution in [2.75, 3.05) is 0 Å². The third-order valence-corrected chi connectivity index (χ3v) is 3.04. The van der Waals surface area contributed by atoms with Crippen LogP contribution in [0.4, 0.5) is 0 Å². The molecule has 1 heteroatoms. The van der Waals surface area contributed by atoms with Crippen LogP contribution >= 0.6 is 0 Å². The van der Waals surface area contributed by atoms with E-state index in [2.05, 4.69) is 32.4 Å². The second-order valence-electron chi connectivity index (χ2n) is 4.19. The molecule has 15 heavy (non-hydrogen) atoms. The van der Waals surface area contributed by atoms with E-state index < -0.39 is 0 Å². The maximum atomic E-state index is 8.51. The molecule has 0 aromatic heterocycles. The molecule has 0 aliphatic heterocycles. The Balaban J connectivity index is 4.25. The molecule has 0 unspecified atom stereocenters. The quantitative estimate of drug-likeness (QED) is 0.351. The number of allylic oxidation sites excluding steroid dienone is 1. The van der Waals surface area contributed by atoms with E-state index in [0.29, 0.717) is 24.2 Å². The summed E-state index contributed by atoms with van der Waals surface area (Å²) in [6, 6.07) is 2.18. The van der Waals surface area contributed by atoms with Crippen LogP contribution in [0.1, 0.15) is 39.5 Å². The first-order valence-electron chi connectivity index (χ1n) is 5.60. The fourth-order valence-corrected chi connectivity index (χ4v) is 1.99. The van der Waals surface area contributed by atoms with E-state index in [0.717, 1.165) is 19.3 Å². The topological polar surface area (TPSA) is 23.8 Å². The summed E-state index contributed by atoms with van der Waals surface area (Å²) in [5, 5.41) is 8.51. The van der Waals surface area contributed by atoms with E-state index in [9.17, 15) is 0 Å². The monoisotopic (exact) mass is 203 g/mol. The van der Waals surface area contributed by atoms with E-state index in [-0.39, 0.29) is 0 Å². The highest BCUT2D eigenvalue weighted by atomic mass is 14.3. The van der Waals surface area contributed by atoms with E-state index in [1.807, 2.05) is 6.08 Å². The normalized spacial score (nSPS) is 15.7. The summed E-state index contributed by atoms with van der Waals surface area (Å²) in [7, 11) is 0. The minimum absolute atomic E-state index is 0.479. The van der Waals surface area contributed by atoms with Crippen molar-refractivity contribution < 1.29 is 0 Å². The number of hydrogen-bond donors (Lipinski definition) is 0. The van der Waals surface area contributed by atoms with Crippen LogP contribution in [-0.4, -0.2) is 0 Å². The standard InChI is InChI=1S/C14H21N/c1-5-9-13(4)14(12(3)6-2)10-7-8-11-15/h1,6,12-14H,2,7-10H2,3-4H3/t12-,13-,14-/m1/s1. The highest BCUT2D eigenvalue weighted by molar-refractivity contribution is 4.91. The maximum Gasteiger partial charge on any atom is 0.0621 e. The molecule has 1 nitrogen and oxygen atoms in total. The van der Waals surface area contributed by atoms with Gasteiger partial charge in [0.15, 0.2) is 0 Å². The van der Waals surface area contributed by atoms with Gasteiger partial charge in [-0.15, -0.1) is 18.9 Å². The third kappa shape index (κ3) is 5.28. The van der Waals surface area contributed by atoms with Crippen molar-refractivity contribution in [3.63, 3.8) is 0 Å². The number of rotatable bonds is 7. The first-order valence-corrected chi connectivity index (χ1v) is 5.60. The van der Waals surface area contributed by atoms with Gasteiger partial charge in [0.05, 0.1) is 6.07 Å². The van der Waals surface area contributed by atoms with Gasteiger partial charge in [-0.2, -0.15) is 5.26 Å². The van der Waals surface area contributed by atoms with Gasteiger partial charge in [0.2, 0.25) is 0 Å².